The van der Waals surface area contributed by atoms with E-state index >= 15 is 0 Å². The van der Waals surface area contributed by atoms with Crippen LogP contribution in [0.15, 0.2) is 42.5 Å². The third kappa shape index (κ3) is 3.67. The Morgan fingerprint density at radius 2 is 1.84 bits per heavy atom. The van der Waals surface area contributed by atoms with Crippen molar-refractivity contribution in [1.82, 2.24) is 10.8 Å². The summed E-state index contributed by atoms with van der Waals surface area (Å²) in [6.07, 6.45) is 0. The van der Waals surface area contributed by atoms with E-state index in [1.807, 2.05) is 24.3 Å². The lowest BCUT2D eigenvalue weighted by atomic mass is 10.1. The first-order chi connectivity index (χ1) is 9.31. The van der Waals surface area contributed by atoms with Crippen LogP contribution in [-0.2, 0) is 4.79 Å². The molecule has 19 heavy (non-hydrogen) atoms. The highest BCUT2D eigenvalue weighted by atomic mass is 16.5. The number of fused-ring (bicyclic) bond motifs is 1. The molecule has 0 radical (unpaired) electrons. The molecule has 0 atom stereocenters. The second kappa shape index (κ2) is 6.72. The minimum atomic E-state index is -0.440. The first-order valence-electron chi connectivity index (χ1n) is 6.16. The molecule has 0 aliphatic carbocycles. The number of carbonyl (C=O) groups excluding carboxylic acids is 1. The number of carbonyl (C=O) groups is 1. The van der Waals surface area contributed by atoms with Gasteiger partial charge in [0.2, 0.25) is 0 Å². The lowest BCUT2D eigenvalue weighted by Gasteiger charge is -2.10. The van der Waals surface area contributed by atoms with E-state index in [0.29, 0.717) is 13.1 Å². The average molecular weight is 259 g/mol. The predicted molar refractivity (Wildman–Crippen MR) is 75.2 cm³/mol. The van der Waals surface area contributed by atoms with Gasteiger partial charge in [-0.1, -0.05) is 36.4 Å². The highest BCUT2D eigenvalue weighted by Gasteiger charge is 2.00. The molecule has 2 aromatic carbocycles. The van der Waals surface area contributed by atoms with Crippen LogP contribution in [0.3, 0.4) is 0 Å². The highest BCUT2D eigenvalue weighted by molar-refractivity contribution is 5.93. The van der Waals surface area contributed by atoms with E-state index in [1.54, 1.807) is 5.48 Å². The van der Waals surface area contributed by atoms with Crippen LogP contribution in [0.25, 0.3) is 10.8 Å². The summed E-state index contributed by atoms with van der Waals surface area (Å²) in [5.41, 5.74) is 2.65. The van der Waals surface area contributed by atoms with Crippen molar-refractivity contribution in [3.63, 3.8) is 0 Å². The molecule has 0 heterocycles. The van der Waals surface area contributed by atoms with Gasteiger partial charge in [-0.25, -0.2) is 5.48 Å². The van der Waals surface area contributed by atoms with Gasteiger partial charge in [0.25, 0.3) is 5.91 Å². The molecule has 0 saturated carbocycles. The fourth-order valence-corrected chi connectivity index (χ4v) is 1.91. The third-order valence-electron chi connectivity index (χ3n) is 2.82. The molecule has 0 bridgehead atoms. The number of nitrogens with one attached hydrogen (secondary N) is 3. The van der Waals surface area contributed by atoms with Crippen molar-refractivity contribution in [3.8, 4) is 0 Å². The number of rotatable bonds is 6. The Bertz CT molecular complexity index is 552. The molecule has 0 aliphatic rings. The van der Waals surface area contributed by atoms with Crippen molar-refractivity contribution in [1.29, 1.82) is 0 Å². The second-order valence-corrected chi connectivity index (χ2v) is 4.17. The van der Waals surface area contributed by atoms with E-state index in [9.17, 15) is 4.79 Å². The van der Waals surface area contributed by atoms with E-state index in [-0.39, 0.29) is 6.54 Å². The Hall–Kier alpha value is -2.11. The van der Waals surface area contributed by atoms with Gasteiger partial charge in [-0.05, 0) is 11.5 Å². The fourth-order valence-electron chi connectivity index (χ4n) is 1.91. The maximum absolute atomic E-state index is 10.8. The molecule has 5 nitrogen and oxygen atoms in total. The molecular weight excluding hydrogens is 242 g/mol. The summed E-state index contributed by atoms with van der Waals surface area (Å²) in [6, 6.07) is 14.3. The number of hydrogen-bond acceptors (Lipinski definition) is 4. The fraction of sp³-hybridized carbons (Fsp3) is 0.214. The van der Waals surface area contributed by atoms with Crippen LogP contribution in [0, 0.1) is 0 Å². The minimum absolute atomic E-state index is 0.105. The topological polar surface area (TPSA) is 73.4 Å². The van der Waals surface area contributed by atoms with E-state index < -0.39 is 5.91 Å². The van der Waals surface area contributed by atoms with E-state index in [0.717, 1.165) is 5.69 Å². The zero-order valence-electron chi connectivity index (χ0n) is 10.5. The third-order valence-corrected chi connectivity index (χ3v) is 2.82. The molecule has 2 aromatic rings. The Morgan fingerprint density at radius 1 is 1.05 bits per heavy atom. The summed E-state index contributed by atoms with van der Waals surface area (Å²) < 4.78 is 0. The van der Waals surface area contributed by atoms with Gasteiger partial charge in [-0.15, -0.1) is 0 Å². The first kappa shape index (κ1) is 13.3. The van der Waals surface area contributed by atoms with Gasteiger partial charge in [-0.3, -0.25) is 10.0 Å². The molecule has 0 spiro atoms. The van der Waals surface area contributed by atoms with Crippen molar-refractivity contribution in [2.45, 2.75) is 0 Å². The van der Waals surface area contributed by atoms with Gasteiger partial charge in [0.1, 0.15) is 0 Å². The molecule has 1 amide bonds. The van der Waals surface area contributed by atoms with Crippen LogP contribution >= 0.6 is 0 Å². The van der Waals surface area contributed by atoms with Crippen molar-refractivity contribution < 1.29 is 10.0 Å². The van der Waals surface area contributed by atoms with Crippen molar-refractivity contribution in [2.24, 2.45) is 0 Å². The van der Waals surface area contributed by atoms with E-state index in [2.05, 4.69) is 28.8 Å². The molecule has 0 aliphatic heterocycles. The molecule has 0 fully saturated rings. The van der Waals surface area contributed by atoms with Crippen LogP contribution < -0.4 is 16.1 Å². The molecule has 0 aromatic heterocycles. The molecule has 2 rings (SSSR count). The maximum Gasteiger partial charge on any atom is 0.257 e. The summed E-state index contributed by atoms with van der Waals surface area (Å²) in [5, 5.41) is 16.9. The normalized spacial score (nSPS) is 10.4. The predicted octanol–water partition coefficient (Wildman–Crippen LogP) is 1.35. The van der Waals surface area contributed by atoms with Crippen LogP contribution in [0.5, 0.6) is 0 Å². The minimum Gasteiger partial charge on any atom is -0.383 e. The summed E-state index contributed by atoms with van der Waals surface area (Å²) in [6.45, 7) is 1.44. The molecule has 0 unspecified atom stereocenters. The number of benzene rings is 2. The van der Waals surface area contributed by atoms with Gasteiger partial charge >= 0.3 is 0 Å². The van der Waals surface area contributed by atoms with Gasteiger partial charge in [-0.2, -0.15) is 0 Å². The van der Waals surface area contributed by atoms with Crippen LogP contribution in [0.1, 0.15) is 0 Å². The molecule has 4 N–H and O–H groups in total. The SMILES string of the molecule is O=C(CNCCNc1cccc2ccccc12)NO. The van der Waals surface area contributed by atoms with Crippen LogP contribution in [0.4, 0.5) is 5.69 Å². The lowest BCUT2D eigenvalue weighted by molar-refractivity contribution is -0.128. The molecular formula is C14H17N3O2. The summed E-state index contributed by atoms with van der Waals surface area (Å²) in [5.74, 6) is -0.440. The standard InChI is InChI=1S/C14H17N3O2/c18-14(17-19)10-15-8-9-16-13-7-3-5-11-4-1-2-6-12(11)13/h1-7,15-16,19H,8-10H2,(H,17,18). The lowest BCUT2D eigenvalue weighted by Crippen LogP contribution is -2.34. The summed E-state index contributed by atoms with van der Waals surface area (Å²) in [7, 11) is 0. The molecule has 100 valence electrons. The summed E-state index contributed by atoms with van der Waals surface area (Å²) in [4.78, 5) is 10.8. The van der Waals surface area contributed by atoms with Crippen molar-refractivity contribution >= 4 is 22.4 Å². The van der Waals surface area contributed by atoms with Crippen molar-refractivity contribution in [3.05, 3.63) is 42.5 Å². The van der Waals surface area contributed by atoms with E-state index in [4.69, 9.17) is 5.21 Å². The summed E-state index contributed by atoms with van der Waals surface area (Å²) >= 11 is 0. The second-order valence-electron chi connectivity index (χ2n) is 4.17. The number of hydrogen-bond donors (Lipinski definition) is 4. The van der Waals surface area contributed by atoms with Crippen LogP contribution in [0.2, 0.25) is 0 Å². The van der Waals surface area contributed by atoms with Crippen LogP contribution in [-0.4, -0.2) is 30.7 Å². The maximum atomic E-state index is 10.8. The number of hydroxylamine groups is 1. The van der Waals surface area contributed by atoms with Crippen molar-refractivity contribution in [2.75, 3.05) is 25.0 Å². The average Bonchev–Trinajstić information content (AvgIpc) is 2.46. The Morgan fingerprint density at radius 3 is 2.68 bits per heavy atom. The smallest absolute Gasteiger partial charge is 0.257 e. The Balaban J connectivity index is 1.86. The van der Waals surface area contributed by atoms with E-state index in [1.165, 1.54) is 10.8 Å². The largest absolute Gasteiger partial charge is 0.383 e. The van der Waals surface area contributed by atoms with Gasteiger partial charge < -0.3 is 10.6 Å². The zero-order chi connectivity index (χ0) is 13.5. The zero-order valence-corrected chi connectivity index (χ0v) is 10.5. The highest BCUT2D eigenvalue weighted by Crippen LogP contribution is 2.22. The first-order valence-corrected chi connectivity index (χ1v) is 6.16. The number of anilines is 1. The molecule has 0 saturated heterocycles. The van der Waals surface area contributed by atoms with Gasteiger partial charge in [0, 0.05) is 24.2 Å². The molecule has 5 heteroatoms. The van der Waals surface area contributed by atoms with Gasteiger partial charge in [0.05, 0.1) is 6.54 Å². The Labute approximate surface area is 111 Å². The monoisotopic (exact) mass is 259 g/mol. The quantitative estimate of drug-likeness (QED) is 0.359. The van der Waals surface area contributed by atoms with Gasteiger partial charge in [0.15, 0.2) is 0 Å². The Kier molecular flexibility index (Phi) is 4.72. The number of amides is 1.